The standard InChI is InChI=1S/C17H18F3NO/c1-11-7-13(9-14(8-11)21(3)4)16-10-15(6-5-12(16)2)22-17(18,19)20/h5-10H,1-4H3. The van der Waals surface area contributed by atoms with Crippen molar-refractivity contribution in [3.8, 4) is 16.9 Å². The number of aryl methyl sites for hydroxylation is 2. The molecule has 0 bridgehead atoms. The smallest absolute Gasteiger partial charge is 0.406 e. The van der Waals surface area contributed by atoms with E-state index in [4.69, 9.17) is 0 Å². The summed E-state index contributed by atoms with van der Waals surface area (Å²) in [6.07, 6.45) is -4.69. The first-order valence-corrected chi connectivity index (χ1v) is 6.81. The van der Waals surface area contributed by atoms with Crippen LogP contribution in [-0.2, 0) is 0 Å². The van der Waals surface area contributed by atoms with Gasteiger partial charge in [0.25, 0.3) is 0 Å². The molecule has 0 aromatic heterocycles. The van der Waals surface area contributed by atoms with E-state index in [-0.39, 0.29) is 5.75 Å². The minimum absolute atomic E-state index is 0.207. The minimum atomic E-state index is -4.69. The molecule has 0 unspecified atom stereocenters. The van der Waals surface area contributed by atoms with Crippen molar-refractivity contribution in [1.29, 1.82) is 0 Å². The molecule has 0 heterocycles. The molecule has 0 fully saturated rings. The summed E-state index contributed by atoms with van der Waals surface area (Å²) in [5, 5.41) is 0. The first-order chi connectivity index (χ1) is 10.2. The number of hydrogen-bond donors (Lipinski definition) is 0. The number of nitrogens with zero attached hydrogens (tertiary/aromatic N) is 1. The van der Waals surface area contributed by atoms with Crippen molar-refractivity contribution >= 4 is 5.69 Å². The zero-order valence-corrected chi connectivity index (χ0v) is 13.0. The van der Waals surface area contributed by atoms with Gasteiger partial charge in [-0.3, -0.25) is 0 Å². The van der Waals surface area contributed by atoms with Crippen LogP contribution in [0.5, 0.6) is 5.75 Å². The largest absolute Gasteiger partial charge is 0.573 e. The number of ether oxygens (including phenoxy) is 1. The van der Waals surface area contributed by atoms with E-state index in [2.05, 4.69) is 4.74 Å². The van der Waals surface area contributed by atoms with Gasteiger partial charge in [0.15, 0.2) is 0 Å². The molecule has 5 heteroatoms. The Balaban J connectivity index is 2.50. The molecule has 0 N–H and O–H groups in total. The summed E-state index contributed by atoms with van der Waals surface area (Å²) in [7, 11) is 3.85. The van der Waals surface area contributed by atoms with Crippen LogP contribution in [0.2, 0.25) is 0 Å². The van der Waals surface area contributed by atoms with E-state index < -0.39 is 6.36 Å². The molecule has 0 saturated heterocycles. The molecule has 2 nitrogen and oxygen atoms in total. The monoisotopic (exact) mass is 309 g/mol. The highest BCUT2D eigenvalue weighted by Gasteiger charge is 2.31. The second-order valence-electron chi connectivity index (χ2n) is 5.48. The van der Waals surface area contributed by atoms with E-state index in [1.165, 1.54) is 12.1 Å². The van der Waals surface area contributed by atoms with Gasteiger partial charge in [0.05, 0.1) is 0 Å². The Morgan fingerprint density at radius 3 is 2.23 bits per heavy atom. The molecular weight excluding hydrogens is 291 g/mol. The summed E-state index contributed by atoms with van der Waals surface area (Å²) in [5.41, 5.74) is 4.53. The summed E-state index contributed by atoms with van der Waals surface area (Å²) >= 11 is 0. The van der Waals surface area contributed by atoms with Crippen LogP contribution in [0.4, 0.5) is 18.9 Å². The molecule has 0 aliphatic carbocycles. The Kier molecular flexibility index (Phi) is 4.35. The predicted octanol–water partition coefficient (Wildman–Crippen LogP) is 4.94. The van der Waals surface area contributed by atoms with Crippen molar-refractivity contribution < 1.29 is 17.9 Å². The predicted molar refractivity (Wildman–Crippen MR) is 82.4 cm³/mol. The van der Waals surface area contributed by atoms with Crippen molar-refractivity contribution in [3.05, 3.63) is 47.5 Å². The van der Waals surface area contributed by atoms with Crippen molar-refractivity contribution in [1.82, 2.24) is 0 Å². The molecule has 0 spiro atoms. The number of benzene rings is 2. The number of halogens is 3. The Morgan fingerprint density at radius 1 is 0.955 bits per heavy atom. The maximum absolute atomic E-state index is 12.4. The number of rotatable bonds is 3. The average Bonchev–Trinajstić information content (AvgIpc) is 2.38. The highest BCUT2D eigenvalue weighted by molar-refractivity contribution is 5.73. The van der Waals surface area contributed by atoms with Crippen molar-refractivity contribution in [3.63, 3.8) is 0 Å². The minimum Gasteiger partial charge on any atom is -0.406 e. The summed E-state index contributed by atoms with van der Waals surface area (Å²) in [6, 6.07) is 10.3. The zero-order chi connectivity index (χ0) is 16.5. The first kappa shape index (κ1) is 16.2. The van der Waals surface area contributed by atoms with Crippen LogP contribution in [0, 0.1) is 13.8 Å². The topological polar surface area (TPSA) is 12.5 Å². The maximum atomic E-state index is 12.4. The second-order valence-corrected chi connectivity index (χ2v) is 5.48. The fourth-order valence-corrected chi connectivity index (χ4v) is 2.29. The van der Waals surface area contributed by atoms with Crippen LogP contribution in [0.1, 0.15) is 11.1 Å². The molecule has 0 aliphatic rings. The Labute approximate surface area is 128 Å². The SMILES string of the molecule is Cc1cc(-c2cc(OC(F)(F)F)ccc2C)cc(N(C)C)c1. The van der Waals surface area contributed by atoms with Gasteiger partial charge in [-0.1, -0.05) is 12.1 Å². The molecule has 0 atom stereocenters. The highest BCUT2D eigenvalue weighted by atomic mass is 19.4. The quantitative estimate of drug-likeness (QED) is 0.796. The van der Waals surface area contributed by atoms with Crippen LogP contribution >= 0.6 is 0 Å². The van der Waals surface area contributed by atoms with Gasteiger partial charge in [-0.15, -0.1) is 13.2 Å². The van der Waals surface area contributed by atoms with Gasteiger partial charge in [-0.05, 0) is 60.4 Å². The summed E-state index contributed by atoms with van der Waals surface area (Å²) in [4.78, 5) is 1.96. The van der Waals surface area contributed by atoms with Crippen LogP contribution in [0.3, 0.4) is 0 Å². The van der Waals surface area contributed by atoms with Crippen LogP contribution < -0.4 is 9.64 Å². The molecular formula is C17H18F3NO. The summed E-state index contributed by atoms with van der Waals surface area (Å²) < 4.78 is 41.2. The Morgan fingerprint density at radius 2 is 1.64 bits per heavy atom. The summed E-state index contributed by atoms with van der Waals surface area (Å²) in [6.45, 7) is 3.83. The third kappa shape index (κ3) is 3.93. The number of hydrogen-bond acceptors (Lipinski definition) is 2. The molecule has 2 aromatic carbocycles. The zero-order valence-electron chi connectivity index (χ0n) is 13.0. The average molecular weight is 309 g/mol. The molecule has 22 heavy (non-hydrogen) atoms. The van der Waals surface area contributed by atoms with Gasteiger partial charge >= 0.3 is 6.36 Å². The van der Waals surface area contributed by atoms with Gasteiger partial charge in [0.2, 0.25) is 0 Å². The van der Waals surface area contributed by atoms with E-state index in [9.17, 15) is 13.2 Å². The summed E-state index contributed by atoms with van der Waals surface area (Å²) in [5.74, 6) is -0.207. The third-order valence-electron chi connectivity index (χ3n) is 3.33. The lowest BCUT2D eigenvalue weighted by atomic mass is 9.98. The van der Waals surface area contributed by atoms with E-state index >= 15 is 0 Å². The number of alkyl halides is 3. The molecule has 2 rings (SSSR count). The normalized spacial score (nSPS) is 11.4. The molecule has 0 radical (unpaired) electrons. The first-order valence-electron chi connectivity index (χ1n) is 6.81. The van der Waals surface area contributed by atoms with Crippen LogP contribution in [0.15, 0.2) is 36.4 Å². The molecule has 0 amide bonds. The molecule has 0 aliphatic heterocycles. The third-order valence-corrected chi connectivity index (χ3v) is 3.33. The maximum Gasteiger partial charge on any atom is 0.573 e. The number of anilines is 1. The van der Waals surface area contributed by atoms with Crippen molar-refractivity contribution in [2.75, 3.05) is 19.0 Å². The van der Waals surface area contributed by atoms with Gasteiger partial charge in [-0.2, -0.15) is 0 Å². The lowest BCUT2D eigenvalue weighted by Crippen LogP contribution is -2.17. The Hall–Kier alpha value is -2.17. The van der Waals surface area contributed by atoms with Gasteiger partial charge in [-0.25, -0.2) is 0 Å². The lowest BCUT2D eigenvalue weighted by molar-refractivity contribution is -0.274. The van der Waals surface area contributed by atoms with E-state index in [1.807, 2.05) is 51.0 Å². The molecule has 118 valence electrons. The second kappa shape index (κ2) is 5.91. The lowest BCUT2D eigenvalue weighted by Gasteiger charge is -2.17. The molecule has 0 saturated carbocycles. The van der Waals surface area contributed by atoms with E-state index in [0.29, 0.717) is 0 Å². The van der Waals surface area contributed by atoms with Gasteiger partial charge < -0.3 is 9.64 Å². The Bertz CT molecular complexity index is 678. The van der Waals surface area contributed by atoms with Crippen LogP contribution in [-0.4, -0.2) is 20.5 Å². The fourth-order valence-electron chi connectivity index (χ4n) is 2.29. The fraction of sp³-hybridized carbons (Fsp3) is 0.294. The van der Waals surface area contributed by atoms with Crippen molar-refractivity contribution in [2.24, 2.45) is 0 Å². The molecule has 2 aromatic rings. The van der Waals surface area contributed by atoms with Gasteiger partial charge in [0, 0.05) is 19.8 Å². The van der Waals surface area contributed by atoms with Gasteiger partial charge in [0.1, 0.15) is 5.75 Å². The van der Waals surface area contributed by atoms with Crippen molar-refractivity contribution in [2.45, 2.75) is 20.2 Å². The highest BCUT2D eigenvalue weighted by Crippen LogP contribution is 2.33. The van der Waals surface area contributed by atoms with Crippen LogP contribution in [0.25, 0.3) is 11.1 Å². The van der Waals surface area contributed by atoms with E-state index in [1.54, 1.807) is 6.07 Å². The van der Waals surface area contributed by atoms with E-state index in [0.717, 1.165) is 27.9 Å².